The second kappa shape index (κ2) is 5.72. The number of hydrogen-bond donors (Lipinski definition) is 0. The van der Waals surface area contributed by atoms with Crippen LogP contribution in [0.5, 0.6) is 0 Å². The highest BCUT2D eigenvalue weighted by atomic mass is 16.7. The van der Waals surface area contributed by atoms with Crippen LogP contribution >= 0.6 is 0 Å². The molecule has 134 valence electrons. The first-order chi connectivity index (χ1) is 11.7. The molecule has 2 fully saturated rings. The maximum absolute atomic E-state index is 6.28. The van der Waals surface area contributed by atoms with Crippen LogP contribution in [0.15, 0.2) is 29.8 Å². The largest absolute Gasteiger partial charge is 0.494 e. The third kappa shape index (κ3) is 2.90. The van der Waals surface area contributed by atoms with Crippen LogP contribution in [0.3, 0.4) is 0 Å². The summed E-state index contributed by atoms with van der Waals surface area (Å²) in [5.41, 5.74) is 5.22. The average molecular weight is 338 g/mol. The number of hydrogen-bond acceptors (Lipinski definition) is 2. The summed E-state index contributed by atoms with van der Waals surface area (Å²) in [7, 11) is -0.266. The number of allylic oxidation sites excluding steroid dienone is 2. The minimum atomic E-state index is -0.288. The van der Waals surface area contributed by atoms with Crippen LogP contribution < -0.4 is 5.46 Å². The van der Waals surface area contributed by atoms with Gasteiger partial charge in [0.1, 0.15) is 0 Å². The van der Waals surface area contributed by atoms with Crippen molar-refractivity contribution in [3.05, 3.63) is 41.0 Å². The second-order valence-corrected chi connectivity index (χ2v) is 9.50. The Morgan fingerprint density at radius 1 is 0.960 bits per heavy atom. The third-order valence-corrected chi connectivity index (χ3v) is 6.93. The maximum atomic E-state index is 6.28. The first-order valence-electron chi connectivity index (χ1n) is 9.85. The smallest absolute Gasteiger partial charge is 0.399 e. The Balaban J connectivity index is 1.69. The van der Waals surface area contributed by atoms with Gasteiger partial charge in [-0.15, -0.1) is 0 Å². The summed E-state index contributed by atoms with van der Waals surface area (Å²) in [5.74, 6) is 1.97. The van der Waals surface area contributed by atoms with Gasteiger partial charge in [0, 0.05) is 0 Å². The molecule has 0 aromatic heterocycles. The van der Waals surface area contributed by atoms with E-state index in [-0.39, 0.29) is 18.3 Å². The highest BCUT2D eigenvalue weighted by Gasteiger charge is 2.51. The molecule has 5 rings (SSSR count). The predicted molar refractivity (Wildman–Crippen MR) is 104 cm³/mol. The summed E-state index contributed by atoms with van der Waals surface area (Å²) in [5, 5.41) is 0. The Bertz CT molecular complexity index is 695. The van der Waals surface area contributed by atoms with E-state index in [0.717, 1.165) is 11.4 Å². The fraction of sp³-hybridized carbons (Fsp3) is 0.636. The zero-order valence-corrected chi connectivity index (χ0v) is 16.6. The van der Waals surface area contributed by atoms with Gasteiger partial charge >= 0.3 is 7.12 Å². The molecule has 2 nitrogen and oxygen atoms in total. The summed E-state index contributed by atoms with van der Waals surface area (Å²) in [6.45, 7) is 13.2. The van der Waals surface area contributed by atoms with Gasteiger partial charge in [-0.25, -0.2) is 0 Å². The van der Waals surface area contributed by atoms with Crippen molar-refractivity contribution in [2.75, 3.05) is 0 Å². The van der Waals surface area contributed by atoms with Gasteiger partial charge in [-0.1, -0.05) is 43.7 Å². The molecule has 2 atom stereocenters. The quantitative estimate of drug-likeness (QED) is 0.534. The third-order valence-electron chi connectivity index (χ3n) is 6.93. The predicted octanol–water partition coefficient (Wildman–Crippen LogP) is 4.93. The summed E-state index contributed by atoms with van der Waals surface area (Å²) in [4.78, 5) is 0. The Morgan fingerprint density at radius 2 is 1.60 bits per heavy atom. The summed E-state index contributed by atoms with van der Waals surface area (Å²) in [6.07, 6.45) is 6.42. The summed E-state index contributed by atoms with van der Waals surface area (Å²) in [6, 6.07) is 6.89. The van der Waals surface area contributed by atoms with Crippen molar-refractivity contribution < 1.29 is 9.31 Å². The molecule has 2 unspecified atom stereocenters. The monoisotopic (exact) mass is 338 g/mol. The van der Waals surface area contributed by atoms with Gasteiger partial charge in [-0.2, -0.15) is 0 Å². The van der Waals surface area contributed by atoms with Crippen LogP contribution in [-0.4, -0.2) is 18.3 Å². The molecule has 0 spiro atoms. The lowest BCUT2D eigenvalue weighted by Gasteiger charge is -2.32. The minimum absolute atomic E-state index is 0.266. The molecule has 1 aromatic rings. The van der Waals surface area contributed by atoms with Gasteiger partial charge in [-0.05, 0) is 81.3 Å². The normalized spacial score (nSPS) is 32.8. The van der Waals surface area contributed by atoms with Crippen molar-refractivity contribution in [1.29, 1.82) is 0 Å². The molecular weight excluding hydrogens is 307 g/mol. The maximum Gasteiger partial charge on any atom is 0.494 e. The van der Waals surface area contributed by atoms with Gasteiger partial charge < -0.3 is 9.31 Å². The van der Waals surface area contributed by atoms with E-state index in [2.05, 4.69) is 65.8 Å². The van der Waals surface area contributed by atoms with Crippen LogP contribution in [0.1, 0.15) is 83.8 Å². The Hall–Kier alpha value is -1.06. The molecule has 3 aliphatic carbocycles. The molecule has 1 saturated carbocycles. The van der Waals surface area contributed by atoms with Crippen LogP contribution in [0.4, 0.5) is 0 Å². The molecule has 3 heteroatoms. The average Bonchev–Trinajstić information content (AvgIpc) is 2.75. The Labute approximate surface area is 153 Å². The van der Waals surface area contributed by atoms with E-state index >= 15 is 0 Å². The summed E-state index contributed by atoms with van der Waals surface area (Å²) < 4.78 is 12.6. The zero-order chi connectivity index (χ0) is 18.0. The minimum Gasteiger partial charge on any atom is -0.399 e. The molecule has 25 heavy (non-hydrogen) atoms. The van der Waals surface area contributed by atoms with E-state index in [0.29, 0.717) is 11.8 Å². The van der Waals surface area contributed by atoms with Crippen LogP contribution in [-0.2, 0) is 9.31 Å². The first-order valence-corrected chi connectivity index (χ1v) is 9.85. The SMILES string of the molecule is CC1C=C2CC(C2)CC(C)c2cc(B3OC(C)(C)C(C)(C)O3)ccc21. The fourth-order valence-corrected chi connectivity index (χ4v) is 4.62. The molecule has 1 saturated heterocycles. The lowest BCUT2D eigenvalue weighted by molar-refractivity contribution is 0.00578. The van der Waals surface area contributed by atoms with E-state index in [1.165, 1.54) is 30.4 Å². The van der Waals surface area contributed by atoms with Gasteiger partial charge in [-0.3, -0.25) is 0 Å². The molecular formula is C22H31BO2. The molecule has 1 aliphatic heterocycles. The molecule has 0 radical (unpaired) electrons. The van der Waals surface area contributed by atoms with Crippen molar-refractivity contribution in [2.24, 2.45) is 5.92 Å². The van der Waals surface area contributed by atoms with Crippen molar-refractivity contribution in [3.8, 4) is 0 Å². The first kappa shape index (κ1) is 17.4. The topological polar surface area (TPSA) is 18.5 Å². The number of rotatable bonds is 1. The lowest BCUT2D eigenvalue weighted by Crippen LogP contribution is -2.41. The number of benzene rings is 1. The van der Waals surface area contributed by atoms with E-state index in [9.17, 15) is 0 Å². The standard InChI is InChI=1S/C22H31BO2/c1-14-9-16-11-17(12-16)10-15(2)20-13-18(7-8-19(14)20)23-24-21(3,4)22(5,6)25-23/h7-9,13-15,17H,10-12H2,1-6H3. The lowest BCUT2D eigenvalue weighted by atomic mass is 9.73. The van der Waals surface area contributed by atoms with Gasteiger partial charge in [0.25, 0.3) is 0 Å². The molecule has 2 bridgehead atoms. The van der Waals surface area contributed by atoms with Gasteiger partial charge in [0.2, 0.25) is 0 Å². The van der Waals surface area contributed by atoms with Crippen molar-refractivity contribution in [2.45, 2.75) is 83.8 Å². The zero-order valence-electron chi connectivity index (χ0n) is 16.6. The Kier molecular flexibility index (Phi) is 3.97. The highest BCUT2D eigenvalue weighted by Crippen LogP contribution is 2.44. The molecule has 0 amide bonds. The van der Waals surface area contributed by atoms with Crippen LogP contribution in [0, 0.1) is 5.92 Å². The van der Waals surface area contributed by atoms with Gasteiger partial charge in [0.15, 0.2) is 0 Å². The number of fused-ring (bicyclic) bond motifs is 2. The Morgan fingerprint density at radius 3 is 2.24 bits per heavy atom. The van der Waals surface area contributed by atoms with Crippen LogP contribution in [0.2, 0.25) is 0 Å². The van der Waals surface area contributed by atoms with E-state index in [4.69, 9.17) is 9.31 Å². The van der Waals surface area contributed by atoms with E-state index in [1.54, 1.807) is 5.57 Å². The van der Waals surface area contributed by atoms with Gasteiger partial charge in [0.05, 0.1) is 11.2 Å². The molecule has 1 aromatic carbocycles. The highest BCUT2D eigenvalue weighted by molar-refractivity contribution is 6.62. The van der Waals surface area contributed by atoms with E-state index in [1.807, 2.05) is 0 Å². The second-order valence-electron chi connectivity index (χ2n) is 9.50. The van der Waals surface area contributed by atoms with Crippen molar-refractivity contribution in [3.63, 3.8) is 0 Å². The van der Waals surface area contributed by atoms with E-state index < -0.39 is 0 Å². The fourth-order valence-electron chi connectivity index (χ4n) is 4.62. The van der Waals surface area contributed by atoms with Crippen molar-refractivity contribution >= 4 is 12.6 Å². The molecule has 4 aliphatic rings. The summed E-state index contributed by atoms with van der Waals surface area (Å²) >= 11 is 0. The molecule has 0 N–H and O–H groups in total. The molecule has 1 heterocycles. The van der Waals surface area contributed by atoms with Crippen molar-refractivity contribution in [1.82, 2.24) is 0 Å². The van der Waals surface area contributed by atoms with Crippen LogP contribution in [0.25, 0.3) is 0 Å².